The highest BCUT2D eigenvalue weighted by molar-refractivity contribution is 6.31. The Hall–Kier alpha value is -2.57. The van der Waals surface area contributed by atoms with Crippen LogP contribution < -0.4 is 5.32 Å². The average molecular weight is 325 g/mol. The summed E-state index contributed by atoms with van der Waals surface area (Å²) >= 11 is 5.95. The molecule has 0 saturated heterocycles. The van der Waals surface area contributed by atoms with Crippen LogP contribution in [0.15, 0.2) is 42.0 Å². The zero-order valence-electron chi connectivity index (χ0n) is 13.3. The SMILES string of the molecule is Cc1ccc(/C=C(\C#N)C(=O)Nc2cc(Cl)ccc2C)c(C)c1. The molecule has 0 aliphatic rings. The van der Waals surface area contributed by atoms with Crippen molar-refractivity contribution >= 4 is 29.3 Å². The molecule has 2 aromatic rings. The van der Waals surface area contributed by atoms with Crippen molar-refractivity contribution < 1.29 is 4.79 Å². The van der Waals surface area contributed by atoms with Crippen molar-refractivity contribution in [2.24, 2.45) is 0 Å². The van der Waals surface area contributed by atoms with Gasteiger partial charge in [-0.1, -0.05) is 41.4 Å². The van der Waals surface area contributed by atoms with Crippen LogP contribution in [0.25, 0.3) is 6.08 Å². The third-order valence-corrected chi connectivity index (χ3v) is 3.77. The topological polar surface area (TPSA) is 52.9 Å². The molecule has 0 aliphatic carbocycles. The Morgan fingerprint density at radius 2 is 1.87 bits per heavy atom. The Morgan fingerprint density at radius 3 is 2.52 bits per heavy atom. The molecule has 0 atom stereocenters. The number of hydrogen-bond acceptors (Lipinski definition) is 2. The summed E-state index contributed by atoms with van der Waals surface area (Å²) in [5, 5.41) is 12.6. The normalized spacial score (nSPS) is 11.0. The lowest BCUT2D eigenvalue weighted by molar-refractivity contribution is -0.112. The summed E-state index contributed by atoms with van der Waals surface area (Å²) in [7, 11) is 0. The maximum absolute atomic E-state index is 12.3. The molecule has 0 heterocycles. The molecule has 0 radical (unpaired) electrons. The highest BCUT2D eigenvalue weighted by Crippen LogP contribution is 2.21. The van der Waals surface area contributed by atoms with Gasteiger partial charge in [-0.05, 0) is 55.7 Å². The van der Waals surface area contributed by atoms with Crippen LogP contribution in [0.2, 0.25) is 5.02 Å². The van der Waals surface area contributed by atoms with Gasteiger partial charge in [0, 0.05) is 10.7 Å². The fourth-order valence-electron chi connectivity index (χ4n) is 2.21. The second-order valence-electron chi connectivity index (χ2n) is 5.44. The Morgan fingerprint density at radius 1 is 1.13 bits per heavy atom. The van der Waals surface area contributed by atoms with Crippen LogP contribution in [0.5, 0.6) is 0 Å². The second-order valence-corrected chi connectivity index (χ2v) is 5.88. The van der Waals surface area contributed by atoms with E-state index >= 15 is 0 Å². The maximum atomic E-state index is 12.3. The van der Waals surface area contributed by atoms with E-state index in [9.17, 15) is 10.1 Å². The van der Waals surface area contributed by atoms with Crippen LogP contribution in [-0.4, -0.2) is 5.91 Å². The third kappa shape index (κ3) is 4.21. The molecule has 23 heavy (non-hydrogen) atoms. The van der Waals surface area contributed by atoms with E-state index in [2.05, 4.69) is 5.32 Å². The molecule has 3 nitrogen and oxygen atoms in total. The minimum Gasteiger partial charge on any atom is -0.321 e. The number of aryl methyl sites for hydroxylation is 3. The molecule has 116 valence electrons. The summed E-state index contributed by atoms with van der Waals surface area (Å²) in [6.45, 7) is 5.82. The Balaban J connectivity index is 2.30. The molecule has 0 unspecified atom stereocenters. The molecule has 0 spiro atoms. The van der Waals surface area contributed by atoms with E-state index in [-0.39, 0.29) is 5.57 Å². The lowest BCUT2D eigenvalue weighted by Crippen LogP contribution is -2.14. The smallest absolute Gasteiger partial charge is 0.266 e. The predicted octanol–water partition coefficient (Wildman–Crippen LogP) is 4.81. The number of benzene rings is 2. The molecule has 0 saturated carbocycles. The summed E-state index contributed by atoms with van der Waals surface area (Å²) in [5.74, 6) is -0.446. The van der Waals surface area contributed by atoms with Gasteiger partial charge in [0.15, 0.2) is 0 Å². The lowest BCUT2D eigenvalue weighted by atomic mass is 10.0. The van der Waals surface area contributed by atoms with Gasteiger partial charge in [0.2, 0.25) is 0 Å². The molecular formula is C19H17ClN2O. The van der Waals surface area contributed by atoms with Gasteiger partial charge in [-0.15, -0.1) is 0 Å². The number of nitrogens with zero attached hydrogens (tertiary/aromatic N) is 1. The van der Waals surface area contributed by atoms with E-state index < -0.39 is 5.91 Å². The highest BCUT2D eigenvalue weighted by Gasteiger charge is 2.12. The third-order valence-electron chi connectivity index (χ3n) is 3.54. The fourth-order valence-corrected chi connectivity index (χ4v) is 2.38. The molecule has 2 rings (SSSR count). The molecule has 0 aliphatic heterocycles. The van der Waals surface area contributed by atoms with Crippen LogP contribution in [0.1, 0.15) is 22.3 Å². The summed E-state index contributed by atoms with van der Waals surface area (Å²) in [5.41, 5.74) is 4.54. The number of amides is 1. The van der Waals surface area contributed by atoms with Crippen LogP contribution in [0.3, 0.4) is 0 Å². The van der Waals surface area contributed by atoms with E-state index in [0.717, 1.165) is 22.3 Å². The summed E-state index contributed by atoms with van der Waals surface area (Å²) in [6.07, 6.45) is 1.60. The van der Waals surface area contributed by atoms with E-state index in [0.29, 0.717) is 10.7 Å². The largest absolute Gasteiger partial charge is 0.321 e. The molecule has 1 amide bonds. The second kappa shape index (κ2) is 7.13. The van der Waals surface area contributed by atoms with Gasteiger partial charge in [-0.2, -0.15) is 5.26 Å². The monoisotopic (exact) mass is 324 g/mol. The van der Waals surface area contributed by atoms with Gasteiger partial charge >= 0.3 is 0 Å². The van der Waals surface area contributed by atoms with Gasteiger partial charge in [0.05, 0.1) is 0 Å². The van der Waals surface area contributed by atoms with Crippen LogP contribution in [-0.2, 0) is 4.79 Å². The Labute approximate surface area is 141 Å². The number of nitriles is 1. The van der Waals surface area contributed by atoms with Crippen molar-refractivity contribution in [3.63, 3.8) is 0 Å². The molecule has 0 fully saturated rings. The summed E-state index contributed by atoms with van der Waals surface area (Å²) in [4.78, 5) is 12.3. The van der Waals surface area contributed by atoms with Crippen molar-refractivity contribution in [3.8, 4) is 6.07 Å². The standard InChI is InChI=1S/C19H17ClN2O/c1-12-4-6-15(14(3)8-12)9-16(11-21)19(23)22-18-10-17(20)7-5-13(18)2/h4-10H,1-3H3,(H,22,23)/b16-9+. The first kappa shape index (κ1) is 16.8. The van der Waals surface area contributed by atoms with E-state index in [1.165, 1.54) is 0 Å². The molecule has 0 bridgehead atoms. The van der Waals surface area contributed by atoms with Crippen LogP contribution in [0, 0.1) is 32.1 Å². The zero-order chi connectivity index (χ0) is 17.0. The van der Waals surface area contributed by atoms with E-state index in [1.807, 2.05) is 51.1 Å². The number of carbonyl (C=O) groups is 1. The fraction of sp³-hybridized carbons (Fsp3) is 0.158. The first-order valence-electron chi connectivity index (χ1n) is 7.17. The molecule has 4 heteroatoms. The molecule has 2 aromatic carbocycles. The first-order valence-corrected chi connectivity index (χ1v) is 7.55. The Bertz CT molecular complexity index is 832. The summed E-state index contributed by atoms with van der Waals surface area (Å²) in [6, 6.07) is 13.1. The van der Waals surface area contributed by atoms with Crippen molar-refractivity contribution in [2.45, 2.75) is 20.8 Å². The number of halogens is 1. The first-order chi connectivity index (χ1) is 10.9. The number of anilines is 1. The number of rotatable bonds is 3. The highest BCUT2D eigenvalue weighted by atomic mass is 35.5. The molecule has 0 aromatic heterocycles. The molecular weight excluding hydrogens is 308 g/mol. The minimum atomic E-state index is -0.446. The Kier molecular flexibility index (Phi) is 5.20. The number of hydrogen-bond donors (Lipinski definition) is 1. The maximum Gasteiger partial charge on any atom is 0.266 e. The van der Waals surface area contributed by atoms with E-state index in [1.54, 1.807) is 18.2 Å². The van der Waals surface area contributed by atoms with Crippen molar-refractivity contribution in [1.29, 1.82) is 5.26 Å². The van der Waals surface area contributed by atoms with Gasteiger partial charge in [-0.3, -0.25) is 4.79 Å². The van der Waals surface area contributed by atoms with Gasteiger partial charge in [-0.25, -0.2) is 0 Å². The van der Waals surface area contributed by atoms with Crippen molar-refractivity contribution in [1.82, 2.24) is 0 Å². The lowest BCUT2D eigenvalue weighted by Gasteiger charge is -2.09. The number of nitrogens with one attached hydrogen (secondary N) is 1. The quantitative estimate of drug-likeness (QED) is 0.650. The molecule has 1 N–H and O–H groups in total. The number of carbonyl (C=O) groups excluding carboxylic acids is 1. The van der Waals surface area contributed by atoms with Gasteiger partial charge < -0.3 is 5.32 Å². The van der Waals surface area contributed by atoms with Crippen molar-refractivity contribution in [2.75, 3.05) is 5.32 Å². The van der Waals surface area contributed by atoms with Crippen molar-refractivity contribution in [3.05, 3.63) is 69.2 Å². The van der Waals surface area contributed by atoms with Gasteiger partial charge in [0.25, 0.3) is 5.91 Å². The van der Waals surface area contributed by atoms with Gasteiger partial charge in [0.1, 0.15) is 11.6 Å². The summed E-state index contributed by atoms with van der Waals surface area (Å²) < 4.78 is 0. The van der Waals surface area contributed by atoms with Crippen LogP contribution >= 0.6 is 11.6 Å². The van der Waals surface area contributed by atoms with E-state index in [4.69, 9.17) is 11.6 Å². The average Bonchev–Trinajstić information content (AvgIpc) is 2.50. The zero-order valence-corrected chi connectivity index (χ0v) is 14.0. The predicted molar refractivity (Wildman–Crippen MR) is 94.3 cm³/mol. The minimum absolute atomic E-state index is 0.0522. The van der Waals surface area contributed by atoms with Crippen LogP contribution in [0.4, 0.5) is 5.69 Å².